The van der Waals surface area contributed by atoms with Crippen molar-refractivity contribution in [2.45, 2.75) is 59.4 Å². The van der Waals surface area contributed by atoms with Crippen LogP contribution < -0.4 is 5.32 Å². The zero-order chi connectivity index (χ0) is 14.5. The lowest BCUT2D eigenvalue weighted by Gasteiger charge is -2.07. The summed E-state index contributed by atoms with van der Waals surface area (Å²) in [6.07, 6.45) is 3.62. The average molecular weight is 289 g/mol. The van der Waals surface area contributed by atoms with E-state index >= 15 is 0 Å². The molecule has 2 aromatic rings. The van der Waals surface area contributed by atoms with Gasteiger partial charge in [-0.25, -0.2) is 0 Å². The molecule has 1 heterocycles. The van der Waals surface area contributed by atoms with E-state index in [-0.39, 0.29) is 0 Å². The smallest absolute Gasteiger partial charge is 0.0349 e. The van der Waals surface area contributed by atoms with Crippen molar-refractivity contribution in [3.05, 3.63) is 34.2 Å². The van der Waals surface area contributed by atoms with Crippen LogP contribution in [0.3, 0.4) is 0 Å². The van der Waals surface area contributed by atoms with Crippen LogP contribution in [0.25, 0.3) is 10.1 Å². The zero-order valence-electron chi connectivity index (χ0n) is 13.3. The molecule has 0 atom stereocenters. The molecule has 0 radical (unpaired) electrons. The molecule has 0 aliphatic rings. The van der Waals surface area contributed by atoms with Gasteiger partial charge in [-0.1, -0.05) is 40.2 Å². The predicted octanol–water partition coefficient (Wildman–Crippen LogP) is 5.48. The highest BCUT2D eigenvalue weighted by molar-refractivity contribution is 7.19. The molecule has 0 aliphatic carbocycles. The summed E-state index contributed by atoms with van der Waals surface area (Å²) in [6.45, 7) is 11.2. The normalized spacial score (nSPS) is 11.7. The van der Waals surface area contributed by atoms with Crippen LogP contribution in [0.15, 0.2) is 18.2 Å². The van der Waals surface area contributed by atoms with Gasteiger partial charge in [0.1, 0.15) is 0 Å². The summed E-state index contributed by atoms with van der Waals surface area (Å²) in [5.41, 5.74) is 3.04. The topological polar surface area (TPSA) is 12.0 Å². The van der Waals surface area contributed by atoms with E-state index in [0.717, 1.165) is 13.1 Å². The Morgan fingerprint density at radius 1 is 1.15 bits per heavy atom. The molecule has 110 valence electrons. The van der Waals surface area contributed by atoms with Gasteiger partial charge in [0.15, 0.2) is 0 Å². The van der Waals surface area contributed by atoms with Gasteiger partial charge in [0.2, 0.25) is 0 Å². The molecule has 2 heteroatoms. The van der Waals surface area contributed by atoms with Gasteiger partial charge < -0.3 is 5.32 Å². The lowest BCUT2D eigenvalue weighted by molar-refractivity contribution is 0.677. The van der Waals surface area contributed by atoms with E-state index in [9.17, 15) is 0 Å². The average Bonchev–Trinajstić information content (AvgIpc) is 2.77. The van der Waals surface area contributed by atoms with E-state index in [1.54, 1.807) is 5.56 Å². The van der Waals surface area contributed by atoms with Crippen molar-refractivity contribution < 1.29 is 0 Å². The number of rotatable bonds is 7. The van der Waals surface area contributed by atoms with Gasteiger partial charge in [0, 0.05) is 16.1 Å². The molecule has 0 bridgehead atoms. The van der Waals surface area contributed by atoms with E-state index in [0.29, 0.717) is 5.92 Å². The largest absolute Gasteiger partial charge is 0.312 e. The van der Waals surface area contributed by atoms with Crippen molar-refractivity contribution in [3.8, 4) is 0 Å². The molecule has 1 nitrogen and oxygen atoms in total. The fraction of sp³-hybridized carbons (Fsp3) is 0.556. The monoisotopic (exact) mass is 289 g/mol. The molecule has 0 aliphatic heterocycles. The van der Waals surface area contributed by atoms with Crippen LogP contribution in [0.2, 0.25) is 0 Å². The zero-order valence-corrected chi connectivity index (χ0v) is 14.1. The first kappa shape index (κ1) is 15.5. The van der Waals surface area contributed by atoms with E-state index in [1.165, 1.54) is 39.8 Å². The summed E-state index contributed by atoms with van der Waals surface area (Å²) in [4.78, 5) is 1.54. The molecule has 20 heavy (non-hydrogen) atoms. The van der Waals surface area contributed by atoms with Crippen LogP contribution in [0.1, 0.15) is 62.5 Å². The summed E-state index contributed by atoms with van der Waals surface area (Å²) in [7, 11) is 0. The fourth-order valence-corrected chi connectivity index (χ4v) is 3.82. The number of aryl methyl sites for hydroxylation is 1. The van der Waals surface area contributed by atoms with E-state index in [2.05, 4.69) is 51.2 Å². The molecule has 1 aromatic heterocycles. The molecule has 0 saturated carbocycles. The molecule has 0 unspecified atom stereocenters. The van der Waals surface area contributed by atoms with E-state index in [4.69, 9.17) is 0 Å². The van der Waals surface area contributed by atoms with Crippen LogP contribution in [0, 0.1) is 0 Å². The Bertz CT molecular complexity index is 554. The minimum Gasteiger partial charge on any atom is -0.312 e. The van der Waals surface area contributed by atoms with Crippen molar-refractivity contribution >= 4 is 21.4 Å². The summed E-state index contributed by atoms with van der Waals surface area (Å²) < 4.78 is 1.45. The molecule has 0 fully saturated rings. The van der Waals surface area contributed by atoms with Crippen molar-refractivity contribution in [1.82, 2.24) is 5.32 Å². The SMILES string of the molecule is CCCNCc1sc2ccc(C(C)C)cc2c1CCC. The maximum atomic E-state index is 3.56. The molecule has 0 amide bonds. The summed E-state index contributed by atoms with van der Waals surface area (Å²) >= 11 is 1.97. The third kappa shape index (κ3) is 3.42. The van der Waals surface area contributed by atoms with Crippen LogP contribution in [-0.2, 0) is 13.0 Å². The number of thiophene rings is 1. The molecule has 0 spiro atoms. The van der Waals surface area contributed by atoms with Gasteiger partial charge in [-0.2, -0.15) is 0 Å². The third-order valence-electron chi connectivity index (χ3n) is 3.78. The van der Waals surface area contributed by atoms with Crippen LogP contribution in [0.5, 0.6) is 0 Å². The Morgan fingerprint density at radius 2 is 1.95 bits per heavy atom. The molecule has 2 rings (SSSR count). The van der Waals surface area contributed by atoms with Gasteiger partial charge in [-0.15, -0.1) is 11.3 Å². The van der Waals surface area contributed by atoms with Crippen LogP contribution >= 0.6 is 11.3 Å². The van der Waals surface area contributed by atoms with Gasteiger partial charge in [0.25, 0.3) is 0 Å². The van der Waals surface area contributed by atoms with E-state index in [1.807, 2.05) is 11.3 Å². The first-order chi connectivity index (χ1) is 9.67. The number of fused-ring (bicyclic) bond motifs is 1. The molecule has 1 aromatic carbocycles. The third-order valence-corrected chi connectivity index (χ3v) is 4.99. The number of nitrogens with one attached hydrogen (secondary N) is 1. The quantitative estimate of drug-likeness (QED) is 0.666. The molecule has 1 N–H and O–H groups in total. The Kier molecular flexibility index (Phi) is 5.62. The second kappa shape index (κ2) is 7.24. The first-order valence-electron chi connectivity index (χ1n) is 7.92. The lowest BCUT2D eigenvalue weighted by atomic mass is 9.98. The van der Waals surface area contributed by atoms with Crippen molar-refractivity contribution in [2.24, 2.45) is 0 Å². The maximum absolute atomic E-state index is 3.56. The van der Waals surface area contributed by atoms with Crippen molar-refractivity contribution in [1.29, 1.82) is 0 Å². The maximum Gasteiger partial charge on any atom is 0.0349 e. The van der Waals surface area contributed by atoms with Crippen LogP contribution in [0.4, 0.5) is 0 Å². The number of benzene rings is 1. The Hall–Kier alpha value is -0.860. The Morgan fingerprint density at radius 3 is 2.60 bits per heavy atom. The Balaban J connectivity index is 2.38. The second-order valence-corrected chi connectivity index (χ2v) is 6.98. The number of hydrogen-bond acceptors (Lipinski definition) is 2. The minimum absolute atomic E-state index is 0.607. The molecular formula is C18H27NS. The van der Waals surface area contributed by atoms with Gasteiger partial charge >= 0.3 is 0 Å². The van der Waals surface area contributed by atoms with E-state index < -0.39 is 0 Å². The summed E-state index contributed by atoms with van der Waals surface area (Å²) in [5, 5.41) is 5.06. The van der Waals surface area contributed by atoms with Gasteiger partial charge in [0.05, 0.1) is 0 Å². The highest BCUT2D eigenvalue weighted by atomic mass is 32.1. The Labute approximate surface area is 127 Å². The van der Waals surface area contributed by atoms with Gasteiger partial charge in [-0.3, -0.25) is 0 Å². The minimum atomic E-state index is 0.607. The fourth-order valence-electron chi connectivity index (χ4n) is 2.62. The molecule has 0 saturated heterocycles. The highest BCUT2D eigenvalue weighted by Crippen LogP contribution is 2.34. The van der Waals surface area contributed by atoms with Crippen molar-refractivity contribution in [3.63, 3.8) is 0 Å². The second-order valence-electron chi connectivity index (χ2n) is 5.84. The van der Waals surface area contributed by atoms with Crippen molar-refractivity contribution in [2.75, 3.05) is 6.54 Å². The van der Waals surface area contributed by atoms with Crippen LogP contribution in [-0.4, -0.2) is 6.54 Å². The highest BCUT2D eigenvalue weighted by Gasteiger charge is 2.12. The summed E-state index contributed by atoms with van der Waals surface area (Å²) in [5.74, 6) is 0.607. The summed E-state index contributed by atoms with van der Waals surface area (Å²) in [6, 6.07) is 7.03. The predicted molar refractivity (Wildman–Crippen MR) is 91.9 cm³/mol. The van der Waals surface area contributed by atoms with Gasteiger partial charge in [-0.05, 0) is 54.0 Å². The lowest BCUT2D eigenvalue weighted by Crippen LogP contribution is -2.13. The first-order valence-corrected chi connectivity index (χ1v) is 8.73. The molecular weight excluding hydrogens is 262 g/mol. The number of hydrogen-bond donors (Lipinski definition) is 1. The standard InChI is InChI=1S/C18H27NS/c1-5-7-15-16-11-14(13(3)4)8-9-17(16)20-18(15)12-19-10-6-2/h8-9,11,13,19H,5-7,10,12H2,1-4H3.